The van der Waals surface area contributed by atoms with Crippen molar-refractivity contribution in [2.75, 3.05) is 20.5 Å². The van der Waals surface area contributed by atoms with Crippen LogP contribution in [0.3, 0.4) is 0 Å². The highest BCUT2D eigenvalue weighted by Crippen LogP contribution is 2.26. The van der Waals surface area contributed by atoms with Crippen LogP contribution in [0.1, 0.15) is 18.1 Å². The van der Waals surface area contributed by atoms with Gasteiger partial charge in [-0.05, 0) is 30.5 Å². The first-order valence-corrected chi connectivity index (χ1v) is 7.91. The summed E-state index contributed by atoms with van der Waals surface area (Å²) in [7, 11) is 1.59. The lowest BCUT2D eigenvalue weighted by Gasteiger charge is -2.13. The van der Waals surface area contributed by atoms with E-state index in [9.17, 15) is 0 Å². The van der Waals surface area contributed by atoms with Crippen molar-refractivity contribution in [1.82, 2.24) is 0 Å². The molecule has 4 nitrogen and oxygen atoms in total. The maximum absolute atomic E-state index is 9.11. The summed E-state index contributed by atoms with van der Waals surface area (Å²) in [6.45, 7) is 2.64. The number of methoxy groups -OCH3 is 1. The zero-order valence-electron chi connectivity index (χ0n) is 14.2. The molecule has 4 heteroatoms. The summed E-state index contributed by atoms with van der Waals surface area (Å²) in [6.07, 6.45) is 2.67. The second-order valence-electron chi connectivity index (χ2n) is 5.51. The number of aliphatic hydroxyl groups excluding tert-OH is 1. The summed E-state index contributed by atoms with van der Waals surface area (Å²) in [4.78, 5) is 0. The highest BCUT2D eigenvalue weighted by Gasteiger charge is 2.06. The molecule has 0 bridgehead atoms. The fourth-order valence-corrected chi connectivity index (χ4v) is 2.14. The van der Waals surface area contributed by atoms with Gasteiger partial charge in [0.05, 0.1) is 6.61 Å². The number of allylic oxidation sites excluding steroid dienone is 1. The molecular formula is C20H24O4. The summed E-state index contributed by atoms with van der Waals surface area (Å²) in [5.41, 5.74) is 3.06. The van der Waals surface area contributed by atoms with E-state index in [0.717, 1.165) is 28.2 Å². The van der Waals surface area contributed by atoms with Gasteiger partial charge in [0.25, 0.3) is 0 Å². The van der Waals surface area contributed by atoms with Crippen LogP contribution in [-0.4, -0.2) is 25.6 Å². The lowest BCUT2D eigenvalue weighted by Crippen LogP contribution is -2.03. The zero-order valence-corrected chi connectivity index (χ0v) is 14.2. The number of rotatable bonds is 9. The fourth-order valence-electron chi connectivity index (χ4n) is 2.14. The molecule has 0 saturated carbocycles. The van der Waals surface area contributed by atoms with E-state index in [4.69, 9.17) is 19.3 Å². The van der Waals surface area contributed by atoms with Crippen LogP contribution in [0.25, 0.3) is 0 Å². The average molecular weight is 328 g/mol. The van der Waals surface area contributed by atoms with Crippen molar-refractivity contribution in [3.8, 4) is 11.5 Å². The third-order valence-corrected chi connectivity index (χ3v) is 3.54. The minimum Gasteiger partial charge on any atom is -0.489 e. The number of hydrogen-bond donors (Lipinski definition) is 1. The van der Waals surface area contributed by atoms with E-state index < -0.39 is 0 Å². The van der Waals surface area contributed by atoms with Gasteiger partial charge in [0.1, 0.15) is 18.1 Å². The van der Waals surface area contributed by atoms with Crippen LogP contribution in [0.4, 0.5) is 0 Å². The van der Waals surface area contributed by atoms with Crippen LogP contribution < -0.4 is 9.47 Å². The minimum absolute atomic E-state index is 0.0620. The highest BCUT2D eigenvalue weighted by atomic mass is 16.7. The third-order valence-electron chi connectivity index (χ3n) is 3.54. The first-order valence-electron chi connectivity index (χ1n) is 7.91. The smallest absolute Gasteiger partial charge is 0.188 e. The Bertz CT molecular complexity index is 650. The first-order chi connectivity index (χ1) is 11.7. The van der Waals surface area contributed by atoms with Gasteiger partial charge in [-0.3, -0.25) is 0 Å². The molecule has 0 aliphatic rings. The summed E-state index contributed by atoms with van der Waals surface area (Å²) >= 11 is 0. The van der Waals surface area contributed by atoms with E-state index in [1.807, 2.05) is 61.5 Å². The van der Waals surface area contributed by atoms with E-state index in [2.05, 4.69) is 0 Å². The Labute approximate surface area is 143 Å². The third kappa shape index (κ3) is 5.72. The second-order valence-corrected chi connectivity index (χ2v) is 5.51. The Kier molecular flexibility index (Phi) is 7.33. The standard InChI is InChI=1S/C20H24O4/c1-16(13-21)8-9-18-10-11-19(12-20(18)24-15-22-2)23-14-17-6-4-3-5-7-17/h3-8,10-12,21H,9,13-15H2,1-2H3/b16-8+. The molecule has 0 spiro atoms. The largest absolute Gasteiger partial charge is 0.489 e. The molecule has 0 aliphatic carbocycles. The monoisotopic (exact) mass is 328 g/mol. The Morgan fingerprint density at radius 1 is 1.08 bits per heavy atom. The van der Waals surface area contributed by atoms with E-state index >= 15 is 0 Å². The minimum atomic E-state index is 0.0620. The Hall–Kier alpha value is -2.30. The Morgan fingerprint density at radius 2 is 1.88 bits per heavy atom. The van der Waals surface area contributed by atoms with Crippen molar-refractivity contribution in [2.24, 2.45) is 0 Å². The highest BCUT2D eigenvalue weighted by molar-refractivity contribution is 5.42. The van der Waals surface area contributed by atoms with Gasteiger partial charge >= 0.3 is 0 Å². The van der Waals surface area contributed by atoms with Gasteiger partial charge < -0.3 is 19.3 Å². The first kappa shape index (κ1) is 18.0. The molecule has 0 aromatic heterocycles. The summed E-state index contributed by atoms with van der Waals surface area (Å²) in [5, 5.41) is 9.11. The SMILES string of the molecule is COCOc1cc(OCc2ccccc2)ccc1C/C=C(\C)CO. The Balaban J connectivity index is 2.09. The molecule has 0 fully saturated rings. The van der Waals surface area contributed by atoms with Crippen molar-refractivity contribution in [3.63, 3.8) is 0 Å². The van der Waals surface area contributed by atoms with Crippen molar-refractivity contribution in [1.29, 1.82) is 0 Å². The molecule has 0 radical (unpaired) electrons. The van der Waals surface area contributed by atoms with Gasteiger partial charge in [0.15, 0.2) is 6.79 Å². The molecule has 2 rings (SSSR count). The lowest BCUT2D eigenvalue weighted by atomic mass is 10.1. The van der Waals surface area contributed by atoms with E-state index in [0.29, 0.717) is 13.0 Å². The quantitative estimate of drug-likeness (QED) is 0.563. The molecule has 0 unspecified atom stereocenters. The van der Waals surface area contributed by atoms with E-state index in [1.165, 1.54) is 0 Å². The molecule has 0 aliphatic heterocycles. The average Bonchev–Trinajstić information content (AvgIpc) is 2.64. The van der Waals surface area contributed by atoms with Crippen LogP contribution in [0.15, 0.2) is 60.2 Å². The summed E-state index contributed by atoms with van der Waals surface area (Å²) in [5.74, 6) is 1.47. The molecule has 2 aromatic rings. The number of aliphatic hydroxyl groups is 1. The van der Waals surface area contributed by atoms with Gasteiger partial charge in [0, 0.05) is 13.2 Å². The number of ether oxygens (including phenoxy) is 3. The fraction of sp³-hybridized carbons (Fsp3) is 0.300. The van der Waals surface area contributed by atoms with Crippen LogP contribution in [-0.2, 0) is 17.8 Å². The van der Waals surface area contributed by atoms with Crippen molar-refractivity contribution < 1.29 is 19.3 Å². The maximum atomic E-state index is 9.11. The van der Waals surface area contributed by atoms with Crippen molar-refractivity contribution >= 4 is 0 Å². The molecule has 128 valence electrons. The van der Waals surface area contributed by atoms with Crippen LogP contribution in [0.2, 0.25) is 0 Å². The molecular weight excluding hydrogens is 304 g/mol. The van der Waals surface area contributed by atoms with Gasteiger partial charge in [-0.15, -0.1) is 0 Å². The molecule has 0 heterocycles. The summed E-state index contributed by atoms with van der Waals surface area (Å²) < 4.78 is 16.5. The molecule has 2 aromatic carbocycles. The number of benzene rings is 2. The second kappa shape index (κ2) is 9.75. The zero-order chi connectivity index (χ0) is 17.2. The molecule has 24 heavy (non-hydrogen) atoms. The predicted octanol–water partition coefficient (Wildman–Crippen LogP) is 3.73. The van der Waals surface area contributed by atoms with Crippen molar-refractivity contribution in [3.05, 3.63) is 71.3 Å². The molecule has 0 saturated heterocycles. The predicted molar refractivity (Wildman–Crippen MR) is 94.3 cm³/mol. The normalized spacial score (nSPS) is 11.4. The van der Waals surface area contributed by atoms with Crippen LogP contribution in [0.5, 0.6) is 11.5 Å². The number of hydrogen-bond acceptors (Lipinski definition) is 4. The van der Waals surface area contributed by atoms with Crippen LogP contribution >= 0.6 is 0 Å². The van der Waals surface area contributed by atoms with Gasteiger partial charge in [-0.1, -0.05) is 48.0 Å². The topological polar surface area (TPSA) is 47.9 Å². The molecule has 1 N–H and O–H groups in total. The van der Waals surface area contributed by atoms with E-state index in [-0.39, 0.29) is 13.4 Å². The van der Waals surface area contributed by atoms with E-state index in [1.54, 1.807) is 7.11 Å². The van der Waals surface area contributed by atoms with Crippen LogP contribution in [0, 0.1) is 0 Å². The lowest BCUT2D eigenvalue weighted by molar-refractivity contribution is 0.0503. The molecule has 0 amide bonds. The Morgan fingerprint density at radius 3 is 2.58 bits per heavy atom. The summed E-state index contributed by atoms with van der Waals surface area (Å²) in [6, 6.07) is 15.8. The van der Waals surface area contributed by atoms with Crippen molar-refractivity contribution in [2.45, 2.75) is 20.0 Å². The molecule has 0 atom stereocenters. The van der Waals surface area contributed by atoms with Gasteiger partial charge in [-0.2, -0.15) is 0 Å². The van der Waals surface area contributed by atoms with Gasteiger partial charge in [0.2, 0.25) is 0 Å². The maximum Gasteiger partial charge on any atom is 0.188 e. The van der Waals surface area contributed by atoms with Gasteiger partial charge in [-0.25, -0.2) is 0 Å².